The summed E-state index contributed by atoms with van der Waals surface area (Å²) in [6.07, 6.45) is 0. The second kappa shape index (κ2) is 4.20. The zero-order chi connectivity index (χ0) is 8.10. The van der Waals surface area contributed by atoms with Crippen molar-refractivity contribution in [2.45, 2.75) is 0 Å². The molecular weight excluding hydrogens is 180 g/mol. The lowest BCUT2D eigenvalue weighted by atomic mass is 10.3. The largest absolute Gasteiger partial charge is 0.289 e. The first-order valence-electron chi connectivity index (χ1n) is 2.91. The van der Waals surface area contributed by atoms with Crippen LogP contribution in [0.25, 0.3) is 0 Å². The Kier molecular flexibility index (Phi) is 3.19. The number of rotatable bonds is 2. The van der Waals surface area contributed by atoms with E-state index in [0.717, 1.165) is 0 Å². The molecule has 0 aliphatic carbocycles. The van der Waals surface area contributed by atoms with E-state index in [4.69, 9.17) is 4.89 Å². The Labute approximate surface area is 75.5 Å². The summed E-state index contributed by atoms with van der Waals surface area (Å²) in [6, 6.07) is 9.06. The van der Waals surface area contributed by atoms with Crippen LogP contribution in [0.3, 0.4) is 0 Å². The molecule has 0 atom stereocenters. The third-order valence-corrected chi connectivity index (χ3v) is 1.09. The molecule has 0 aromatic heterocycles. The fourth-order valence-corrected chi connectivity index (χ4v) is 0.631. The Hall–Kier alpha value is -0.740. The van der Waals surface area contributed by atoms with Crippen molar-refractivity contribution < 1.29 is 9.78 Å². The number of benzene rings is 1. The molecule has 0 saturated carbocycles. The average molecular weight is 186 g/mol. The lowest BCUT2D eigenvalue weighted by Gasteiger charge is -2.01. The van der Waals surface area contributed by atoms with Crippen LogP contribution in [0.15, 0.2) is 30.3 Å². The third kappa shape index (κ3) is 3.25. The van der Waals surface area contributed by atoms with Gasteiger partial charge in [-0.3, -0.25) is 9.78 Å². The van der Waals surface area contributed by atoms with Crippen LogP contribution in [0.1, 0.15) is 0 Å². The molecule has 0 unspecified atom stereocenters. The zero-order valence-electron chi connectivity index (χ0n) is 5.56. The predicted molar refractivity (Wildman–Crippen MR) is 49.7 cm³/mol. The molecule has 0 aliphatic heterocycles. The number of thiol groups is 1. The lowest BCUT2D eigenvalue weighted by Crippen LogP contribution is -1.98. The van der Waals surface area contributed by atoms with Gasteiger partial charge in [-0.15, -0.1) is 0 Å². The van der Waals surface area contributed by atoms with Crippen molar-refractivity contribution >= 4 is 29.2 Å². The van der Waals surface area contributed by atoms with Crippen molar-refractivity contribution in [1.29, 1.82) is 0 Å². The first kappa shape index (κ1) is 8.36. The molecule has 11 heavy (non-hydrogen) atoms. The summed E-state index contributed by atoms with van der Waals surface area (Å²) in [6.45, 7) is 0. The maximum atomic E-state index is 4.75. The van der Waals surface area contributed by atoms with Gasteiger partial charge in [0.25, 0.3) is 4.38 Å². The second-order valence-electron chi connectivity index (χ2n) is 1.75. The van der Waals surface area contributed by atoms with E-state index in [1.165, 1.54) is 0 Å². The van der Waals surface area contributed by atoms with Gasteiger partial charge in [0.2, 0.25) is 0 Å². The average Bonchev–Trinajstić information content (AvgIpc) is 2.03. The van der Waals surface area contributed by atoms with Crippen LogP contribution in [0.5, 0.6) is 5.75 Å². The third-order valence-electron chi connectivity index (χ3n) is 0.952. The molecule has 58 valence electrons. The van der Waals surface area contributed by atoms with Gasteiger partial charge in [0.15, 0.2) is 5.75 Å². The number of hydrogen-bond acceptors (Lipinski definition) is 3. The minimum atomic E-state index is 0.0638. The van der Waals surface area contributed by atoms with Crippen LogP contribution in [0, 0.1) is 0 Å². The Morgan fingerprint density at radius 1 is 1.27 bits per heavy atom. The molecule has 0 saturated heterocycles. The topological polar surface area (TPSA) is 18.5 Å². The Morgan fingerprint density at radius 3 is 2.45 bits per heavy atom. The number of hydrogen-bond donors (Lipinski definition) is 1. The highest BCUT2D eigenvalue weighted by Gasteiger charge is 1.92. The quantitative estimate of drug-likeness (QED) is 0.330. The molecule has 0 bridgehead atoms. The molecule has 1 aromatic carbocycles. The highest BCUT2D eigenvalue weighted by molar-refractivity contribution is 8.10. The Morgan fingerprint density at radius 2 is 1.91 bits per heavy atom. The monoisotopic (exact) mass is 186 g/mol. The Bertz CT molecular complexity index is 235. The highest BCUT2D eigenvalue weighted by Crippen LogP contribution is 2.08. The molecule has 4 heteroatoms. The normalized spacial score (nSPS) is 8.82. The zero-order valence-corrected chi connectivity index (χ0v) is 7.27. The number of para-hydroxylation sites is 1. The lowest BCUT2D eigenvalue weighted by molar-refractivity contribution is -0.109. The standard InChI is InChI=1S/C7H6O2S2/c10-7(11)9-8-6-4-2-1-3-5-6/h1-5H,(H,10,11). The summed E-state index contributed by atoms with van der Waals surface area (Å²) in [5.74, 6) is 0.601. The molecule has 0 N–H and O–H groups in total. The van der Waals surface area contributed by atoms with Crippen LogP contribution in [-0.2, 0) is 4.89 Å². The highest BCUT2D eigenvalue weighted by atomic mass is 32.1. The first-order valence-corrected chi connectivity index (χ1v) is 3.77. The molecule has 1 rings (SSSR count). The van der Waals surface area contributed by atoms with Gasteiger partial charge >= 0.3 is 0 Å². The van der Waals surface area contributed by atoms with Gasteiger partial charge in [-0.25, -0.2) is 0 Å². The molecule has 0 spiro atoms. The fraction of sp³-hybridized carbons (Fsp3) is 0. The van der Waals surface area contributed by atoms with Crippen LogP contribution in [0.4, 0.5) is 0 Å². The van der Waals surface area contributed by atoms with Crippen LogP contribution >= 0.6 is 24.8 Å². The van der Waals surface area contributed by atoms with E-state index in [2.05, 4.69) is 29.7 Å². The van der Waals surface area contributed by atoms with Gasteiger partial charge in [-0.05, 0) is 24.4 Å². The predicted octanol–water partition coefficient (Wildman–Crippen LogP) is 2.21. The summed E-state index contributed by atoms with van der Waals surface area (Å²) in [7, 11) is 0. The molecule has 0 fully saturated rings. The van der Waals surface area contributed by atoms with Crippen molar-refractivity contribution in [2.24, 2.45) is 0 Å². The van der Waals surface area contributed by atoms with Crippen LogP contribution in [0.2, 0.25) is 0 Å². The van der Waals surface area contributed by atoms with Crippen molar-refractivity contribution in [3.63, 3.8) is 0 Å². The summed E-state index contributed by atoms with van der Waals surface area (Å²) >= 11 is 8.22. The van der Waals surface area contributed by atoms with E-state index in [1.54, 1.807) is 12.1 Å². The van der Waals surface area contributed by atoms with Gasteiger partial charge in [0.1, 0.15) is 0 Å². The van der Waals surface area contributed by atoms with E-state index in [1.807, 2.05) is 18.2 Å². The second-order valence-corrected chi connectivity index (χ2v) is 2.83. The van der Waals surface area contributed by atoms with Crippen LogP contribution in [-0.4, -0.2) is 4.38 Å². The molecule has 0 aliphatic rings. The van der Waals surface area contributed by atoms with Crippen molar-refractivity contribution in [3.8, 4) is 5.75 Å². The van der Waals surface area contributed by atoms with Gasteiger partial charge in [-0.2, -0.15) is 0 Å². The molecule has 1 aromatic rings. The minimum Gasteiger partial charge on any atom is -0.289 e. The van der Waals surface area contributed by atoms with Gasteiger partial charge < -0.3 is 0 Å². The molecule has 0 heterocycles. The van der Waals surface area contributed by atoms with E-state index in [-0.39, 0.29) is 4.38 Å². The first-order chi connectivity index (χ1) is 5.29. The van der Waals surface area contributed by atoms with Gasteiger partial charge in [-0.1, -0.05) is 30.8 Å². The van der Waals surface area contributed by atoms with E-state index in [0.29, 0.717) is 5.75 Å². The summed E-state index contributed by atoms with van der Waals surface area (Å²) in [5.41, 5.74) is 0. The Balaban J connectivity index is 2.45. The maximum absolute atomic E-state index is 4.75. The van der Waals surface area contributed by atoms with Crippen LogP contribution < -0.4 is 4.89 Å². The van der Waals surface area contributed by atoms with Crippen molar-refractivity contribution in [2.75, 3.05) is 0 Å². The van der Waals surface area contributed by atoms with E-state index >= 15 is 0 Å². The minimum absolute atomic E-state index is 0.0638. The smallest absolute Gasteiger partial charge is 0.273 e. The fourth-order valence-electron chi connectivity index (χ4n) is 0.560. The van der Waals surface area contributed by atoms with Crippen molar-refractivity contribution in [3.05, 3.63) is 30.3 Å². The molecular formula is C7H6O2S2. The SMILES string of the molecule is S=C(S)OOc1ccccc1. The van der Waals surface area contributed by atoms with Crippen molar-refractivity contribution in [1.82, 2.24) is 0 Å². The van der Waals surface area contributed by atoms with E-state index in [9.17, 15) is 0 Å². The molecule has 2 nitrogen and oxygen atoms in total. The maximum Gasteiger partial charge on any atom is 0.273 e. The van der Waals surface area contributed by atoms with E-state index < -0.39 is 0 Å². The van der Waals surface area contributed by atoms with Gasteiger partial charge in [0, 0.05) is 0 Å². The van der Waals surface area contributed by atoms with Gasteiger partial charge in [0.05, 0.1) is 0 Å². The molecule has 0 amide bonds. The summed E-state index contributed by atoms with van der Waals surface area (Å²) in [5, 5.41) is 0. The summed E-state index contributed by atoms with van der Waals surface area (Å²) in [4.78, 5) is 9.27. The summed E-state index contributed by atoms with van der Waals surface area (Å²) < 4.78 is 0.0638. The molecule has 0 radical (unpaired) electrons. The number of thiocarbonyl (C=S) groups is 1.